The molecule has 2 aromatic heterocycles. The molecule has 3 aliphatic heterocycles. The van der Waals surface area contributed by atoms with Gasteiger partial charge in [-0.1, -0.05) is 0 Å². The zero-order chi connectivity index (χ0) is 17.4. The van der Waals surface area contributed by atoms with Crippen LogP contribution in [0.2, 0.25) is 0 Å². The van der Waals surface area contributed by atoms with E-state index in [4.69, 9.17) is 4.74 Å². The second-order valence-electron chi connectivity index (χ2n) is 6.86. The van der Waals surface area contributed by atoms with Crippen molar-refractivity contribution in [3.05, 3.63) is 35.3 Å². The van der Waals surface area contributed by atoms with Crippen molar-refractivity contribution in [3.8, 4) is 16.3 Å². The summed E-state index contributed by atoms with van der Waals surface area (Å²) >= 11 is 1.51. The first-order chi connectivity index (χ1) is 12.2. The van der Waals surface area contributed by atoms with Crippen molar-refractivity contribution >= 4 is 17.2 Å². The molecule has 1 amide bonds. The monoisotopic (exact) mass is 357 g/mol. The number of carbonyl (C=O) groups excluding carboxylic acids is 1. The van der Waals surface area contributed by atoms with Crippen molar-refractivity contribution in [3.63, 3.8) is 0 Å². The van der Waals surface area contributed by atoms with Gasteiger partial charge in [-0.05, 0) is 62.5 Å². The van der Waals surface area contributed by atoms with Crippen LogP contribution < -0.4 is 10.1 Å². The lowest BCUT2D eigenvalue weighted by Gasteiger charge is -2.49. The number of fused-ring (bicyclic) bond motifs is 3. The lowest BCUT2D eigenvalue weighted by atomic mass is 9.79. The number of carbonyl (C=O) groups is 1. The maximum Gasteiger partial charge on any atom is 0.261 e. The molecule has 0 aliphatic carbocycles. The standard InChI is InChI=1S/C19H23N3O2S/c1-12-18(13-6-9-22(12)10-7-13)21-19(23)16-4-3-15(25-16)14-5-8-20-17(11-14)24-2/h3-5,8,11-13,18H,6-7,9-10H2,1-2H3,(H,21,23)/t12-,18+/m1/s1. The summed E-state index contributed by atoms with van der Waals surface area (Å²) in [6.07, 6.45) is 4.12. The van der Waals surface area contributed by atoms with Crippen LogP contribution in [0.5, 0.6) is 5.88 Å². The van der Waals surface area contributed by atoms with Crippen LogP contribution >= 0.6 is 11.3 Å². The second-order valence-corrected chi connectivity index (χ2v) is 7.95. The van der Waals surface area contributed by atoms with Crippen LogP contribution in [0.15, 0.2) is 30.5 Å². The van der Waals surface area contributed by atoms with Crippen molar-refractivity contribution in [1.29, 1.82) is 0 Å². The third-order valence-electron chi connectivity index (χ3n) is 5.53. The Morgan fingerprint density at radius 2 is 2.12 bits per heavy atom. The number of hydrogen-bond donors (Lipinski definition) is 1. The minimum absolute atomic E-state index is 0.0443. The Hall–Kier alpha value is -1.92. The first-order valence-corrected chi connectivity index (χ1v) is 9.62. The van der Waals surface area contributed by atoms with Gasteiger partial charge < -0.3 is 10.1 Å². The number of hydrogen-bond acceptors (Lipinski definition) is 5. The first-order valence-electron chi connectivity index (χ1n) is 8.81. The number of piperidine rings is 3. The van der Waals surface area contributed by atoms with Gasteiger partial charge in [0.2, 0.25) is 5.88 Å². The van der Waals surface area contributed by atoms with Gasteiger partial charge in [-0.2, -0.15) is 0 Å². The van der Waals surface area contributed by atoms with Crippen LogP contribution in [0.1, 0.15) is 29.4 Å². The third-order valence-corrected chi connectivity index (χ3v) is 6.67. The van der Waals surface area contributed by atoms with E-state index >= 15 is 0 Å². The normalized spacial score (nSPS) is 27.9. The highest BCUT2D eigenvalue weighted by molar-refractivity contribution is 7.17. The minimum Gasteiger partial charge on any atom is -0.481 e. The van der Waals surface area contributed by atoms with E-state index in [9.17, 15) is 4.79 Å². The smallest absolute Gasteiger partial charge is 0.261 e. The zero-order valence-electron chi connectivity index (χ0n) is 14.6. The number of ether oxygens (including phenoxy) is 1. The Morgan fingerprint density at radius 1 is 1.32 bits per heavy atom. The molecule has 0 aromatic carbocycles. The van der Waals surface area contributed by atoms with E-state index in [1.165, 1.54) is 37.3 Å². The van der Waals surface area contributed by atoms with Gasteiger partial charge in [0.15, 0.2) is 0 Å². The van der Waals surface area contributed by atoms with Crippen LogP contribution in [0, 0.1) is 5.92 Å². The molecule has 25 heavy (non-hydrogen) atoms. The maximum atomic E-state index is 12.7. The summed E-state index contributed by atoms with van der Waals surface area (Å²) in [6, 6.07) is 8.43. The molecule has 0 spiro atoms. The molecular weight excluding hydrogens is 334 g/mol. The quantitative estimate of drug-likeness (QED) is 0.914. The summed E-state index contributed by atoms with van der Waals surface area (Å²) in [5.41, 5.74) is 1.02. The number of rotatable bonds is 4. The first kappa shape index (κ1) is 16.5. The lowest BCUT2D eigenvalue weighted by Crippen LogP contribution is -2.62. The van der Waals surface area contributed by atoms with Gasteiger partial charge in [0.1, 0.15) is 0 Å². The Kier molecular flexibility index (Phi) is 4.48. The van der Waals surface area contributed by atoms with E-state index in [1.807, 2.05) is 24.3 Å². The SMILES string of the molecule is COc1cc(-c2ccc(C(=O)N[C@@H]3C4CCN(CC4)[C@@H]3C)s2)ccn1. The van der Waals surface area contributed by atoms with Gasteiger partial charge in [-0.25, -0.2) is 4.98 Å². The van der Waals surface area contributed by atoms with Crippen molar-refractivity contribution in [2.24, 2.45) is 5.92 Å². The molecule has 2 aromatic rings. The number of thiophene rings is 1. The van der Waals surface area contributed by atoms with Crippen molar-refractivity contribution in [1.82, 2.24) is 15.2 Å². The van der Waals surface area contributed by atoms with Gasteiger partial charge in [-0.15, -0.1) is 11.3 Å². The largest absolute Gasteiger partial charge is 0.481 e. The Bertz CT molecular complexity index is 766. The molecule has 0 saturated carbocycles. The molecule has 3 saturated heterocycles. The predicted molar refractivity (Wildman–Crippen MR) is 99.1 cm³/mol. The maximum absolute atomic E-state index is 12.7. The summed E-state index contributed by atoms with van der Waals surface area (Å²) < 4.78 is 5.18. The Labute approximate surface area is 152 Å². The van der Waals surface area contributed by atoms with Crippen molar-refractivity contribution in [2.45, 2.75) is 31.8 Å². The highest BCUT2D eigenvalue weighted by Crippen LogP contribution is 2.33. The molecule has 132 valence electrons. The van der Waals surface area contributed by atoms with E-state index in [0.717, 1.165) is 15.3 Å². The number of nitrogens with one attached hydrogen (secondary N) is 1. The topological polar surface area (TPSA) is 54.5 Å². The zero-order valence-corrected chi connectivity index (χ0v) is 15.4. The molecule has 1 N–H and O–H groups in total. The highest BCUT2D eigenvalue weighted by atomic mass is 32.1. The van der Waals surface area contributed by atoms with Crippen LogP contribution in [0.3, 0.4) is 0 Å². The molecule has 2 bridgehead atoms. The second kappa shape index (κ2) is 6.77. The summed E-state index contributed by atoms with van der Waals surface area (Å²) in [5, 5.41) is 3.30. The molecule has 3 aliphatic rings. The molecule has 5 rings (SSSR count). The molecule has 3 fully saturated rings. The van der Waals surface area contributed by atoms with E-state index in [0.29, 0.717) is 17.8 Å². The molecular formula is C19H23N3O2S. The highest BCUT2D eigenvalue weighted by Gasteiger charge is 2.40. The fourth-order valence-corrected chi connectivity index (χ4v) is 4.96. The molecule has 2 atom stereocenters. The van der Waals surface area contributed by atoms with Crippen LogP contribution in [0.4, 0.5) is 0 Å². The Balaban J connectivity index is 1.49. The van der Waals surface area contributed by atoms with Gasteiger partial charge >= 0.3 is 0 Å². The van der Waals surface area contributed by atoms with Gasteiger partial charge in [-0.3, -0.25) is 9.69 Å². The number of amides is 1. The summed E-state index contributed by atoms with van der Waals surface area (Å²) in [5.74, 6) is 1.24. The fourth-order valence-electron chi connectivity index (χ4n) is 4.06. The van der Waals surface area contributed by atoms with Gasteiger partial charge in [0, 0.05) is 29.2 Å². The van der Waals surface area contributed by atoms with Crippen LogP contribution in [-0.2, 0) is 0 Å². The number of nitrogens with zero attached hydrogens (tertiary/aromatic N) is 2. The number of aromatic nitrogens is 1. The summed E-state index contributed by atoms with van der Waals surface area (Å²) in [4.78, 5) is 21.2. The predicted octanol–water partition coefficient (Wildman–Crippen LogP) is 3.03. The van der Waals surface area contributed by atoms with E-state index in [2.05, 4.69) is 22.1 Å². The Morgan fingerprint density at radius 3 is 2.84 bits per heavy atom. The average molecular weight is 357 g/mol. The van der Waals surface area contributed by atoms with Gasteiger partial charge in [0.05, 0.1) is 12.0 Å². The van der Waals surface area contributed by atoms with Crippen LogP contribution in [0.25, 0.3) is 10.4 Å². The van der Waals surface area contributed by atoms with E-state index in [-0.39, 0.29) is 11.9 Å². The molecule has 0 radical (unpaired) electrons. The summed E-state index contributed by atoms with van der Waals surface area (Å²) in [7, 11) is 1.61. The molecule has 5 nitrogen and oxygen atoms in total. The minimum atomic E-state index is 0.0443. The lowest BCUT2D eigenvalue weighted by molar-refractivity contribution is 0.0218. The number of pyridine rings is 1. The molecule has 5 heterocycles. The fraction of sp³-hybridized carbons (Fsp3) is 0.474. The van der Waals surface area contributed by atoms with Crippen molar-refractivity contribution in [2.75, 3.05) is 20.2 Å². The van der Waals surface area contributed by atoms with E-state index in [1.54, 1.807) is 13.3 Å². The molecule has 0 unspecified atom stereocenters. The van der Waals surface area contributed by atoms with Crippen LogP contribution in [-0.4, -0.2) is 48.1 Å². The third kappa shape index (κ3) is 3.16. The average Bonchev–Trinajstić information content (AvgIpc) is 3.15. The number of methoxy groups -OCH3 is 1. The summed E-state index contributed by atoms with van der Waals surface area (Å²) in [6.45, 7) is 4.58. The van der Waals surface area contributed by atoms with Gasteiger partial charge in [0.25, 0.3) is 5.91 Å². The van der Waals surface area contributed by atoms with E-state index < -0.39 is 0 Å². The molecule has 6 heteroatoms. The van der Waals surface area contributed by atoms with Crippen molar-refractivity contribution < 1.29 is 9.53 Å².